The molecule has 6 heteroatoms. The molecule has 0 aromatic carbocycles. The van der Waals surface area contributed by atoms with Crippen molar-refractivity contribution in [3.05, 3.63) is 0 Å². The fourth-order valence-corrected chi connectivity index (χ4v) is 1.83. The first kappa shape index (κ1) is 15.8. The van der Waals surface area contributed by atoms with Gasteiger partial charge in [-0.1, -0.05) is 12.8 Å². The molecule has 0 aliphatic carbocycles. The van der Waals surface area contributed by atoms with Gasteiger partial charge in [0.05, 0.1) is 19.0 Å². The lowest BCUT2D eigenvalue weighted by atomic mass is 10.2. The Morgan fingerprint density at radius 1 is 0.938 bits per heavy atom. The molecule has 5 nitrogen and oxygen atoms in total. The van der Waals surface area contributed by atoms with Crippen molar-refractivity contribution in [2.45, 2.75) is 32.6 Å². The number of nitrogens with two attached hydrogens (primary N) is 1. The molecule has 0 rings (SSSR count). The zero-order valence-electron chi connectivity index (χ0n) is 9.98. The molecule has 0 saturated heterocycles. The molecule has 0 aliphatic rings. The predicted molar refractivity (Wildman–Crippen MR) is 63.8 cm³/mol. The van der Waals surface area contributed by atoms with Crippen LogP contribution in [0.3, 0.4) is 0 Å². The van der Waals surface area contributed by atoms with Crippen LogP contribution in [0.4, 0.5) is 0 Å². The van der Waals surface area contributed by atoms with E-state index in [9.17, 15) is 8.42 Å². The summed E-state index contributed by atoms with van der Waals surface area (Å²) in [6.45, 7) is 4.65. The van der Waals surface area contributed by atoms with Crippen molar-refractivity contribution in [2.24, 2.45) is 5.14 Å². The minimum atomic E-state index is -3.28. The van der Waals surface area contributed by atoms with Gasteiger partial charge in [0.25, 0.3) is 0 Å². The van der Waals surface area contributed by atoms with Crippen LogP contribution in [0.1, 0.15) is 32.6 Å². The highest BCUT2D eigenvalue weighted by molar-refractivity contribution is 7.89. The summed E-state index contributed by atoms with van der Waals surface area (Å²) in [6.07, 6.45) is 3.45. The van der Waals surface area contributed by atoms with Crippen molar-refractivity contribution in [2.75, 3.05) is 32.2 Å². The third kappa shape index (κ3) is 13.8. The van der Waals surface area contributed by atoms with E-state index in [2.05, 4.69) is 0 Å². The molecule has 0 bridgehead atoms. The van der Waals surface area contributed by atoms with E-state index in [0.717, 1.165) is 25.9 Å². The van der Waals surface area contributed by atoms with E-state index in [-0.39, 0.29) is 5.75 Å². The molecule has 0 aromatic heterocycles. The average Bonchev–Trinajstić information content (AvgIpc) is 2.19. The van der Waals surface area contributed by atoms with Crippen molar-refractivity contribution in [1.29, 1.82) is 0 Å². The SMILES string of the molecule is CCOCCOCCCCCCS(N)(=O)=O. The fourth-order valence-electron chi connectivity index (χ4n) is 1.23. The molecule has 98 valence electrons. The van der Waals surface area contributed by atoms with E-state index in [0.29, 0.717) is 26.2 Å². The predicted octanol–water partition coefficient (Wildman–Crippen LogP) is 0.888. The highest BCUT2D eigenvalue weighted by atomic mass is 32.2. The number of unbranched alkanes of at least 4 members (excludes halogenated alkanes) is 3. The van der Waals surface area contributed by atoms with E-state index >= 15 is 0 Å². The maximum Gasteiger partial charge on any atom is 0.209 e. The number of hydrogen-bond donors (Lipinski definition) is 1. The molecule has 0 spiro atoms. The summed E-state index contributed by atoms with van der Waals surface area (Å²) in [5, 5.41) is 4.88. The van der Waals surface area contributed by atoms with Gasteiger partial charge in [-0.15, -0.1) is 0 Å². The first-order valence-corrected chi connectivity index (χ1v) is 7.43. The van der Waals surface area contributed by atoms with Crippen LogP contribution in [0.15, 0.2) is 0 Å². The molecular weight excluding hydrogens is 230 g/mol. The van der Waals surface area contributed by atoms with Crippen molar-refractivity contribution >= 4 is 10.0 Å². The van der Waals surface area contributed by atoms with Crippen molar-refractivity contribution in [1.82, 2.24) is 0 Å². The Labute approximate surface area is 98.4 Å². The van der Waals surface area contributed by atoms with Gasteiger partial charge < -0.3 is 9.47 Å². The van der Waals surface area contributed by atoms with Gasteiger partial charge in [0, 0.05) is 13.2 Å². The monoisotopic (exact) mass is 253 g/mol. The van der Waals surface area contributed by atoms with Crippen LogP contribution < -0.4 is 5.14 Å². The van der Waals surface area contributed by atoms with Crippen LogP contribution in [0, 0.1) is 0 Å². The average molecular weight is 253 g/mol. The topological polar surface area (TPSA) is 78.6 Å². The number of hydrogen-bond acceptors (Lipinski definition) is 4. The Morgan fingerprint density at radius 2 is 1.56 bits per heavy atom. The Morgan fingerprint density at radius 3 is 2.19 bits per heavy atom. The minimum absolute atomic E-state index is 0.0815. The second kappa shape index (κ2) is 10.0. The fraction of sp³-hybridized carbons (Fsp3) is 1.00. The molecule has 0 radical (unpaired) electrons. The first-order chi connectivity index (χ1) is 7.56. The standard InChI is InChI=1S/C10H23NO4S/c1-2-14-8-9-15-7-5-3-4-6-10-16(11,12)13/h2-10H2,1H3,(H2,11,12,13). The Bertz CT molecular complexity index is 241. The molecule has 0 aromatic rings. The summed E-state index contributed by atoms with van der Waals surface area (Å²) >= 11 is 0. The van der Waals surface area contributed by atoms with Crippen LogP contribution in [-0.2, 0) is 19.5 Å². The van der Waals surface area contributed by atoms with Crippen LogP contribution in [0.2, 0.25) is 0 Å². The third-order valence-electron chi connectivity index (χ3n) is 2.04. The second-order valence-electron chi connectivity index (χ2n) is 3.59. The lowest BCUT2D eigenvalue weighted by Gasteiger charge is -2.04. The smallest absolute Gasteiger partial charge is 0.209 e. The molecule has 0 heterocycles. The van der Waals surface area contributed by atoms with Gasteiger partial charge in [0.1, 0.15) is 0 Å². The quantitative estimate of drug-likeness (QED) is 0.555. The van der Waals surface area contributed by atoms with E-state index in [1.165, 1.54) is 0 Å². The first-order valence-electron chi connectivity index (χ1n) is 5.72. The molecular formula is C10H23NO4S. The molecule has 0 fully saturated rings. The summed E-state index contributed by atoms with van der Waals surface area (Å²) in [6, 6.07) is 0. The second-order valence-corrected chi connectivity index (χ2v) is 5.32. The zero-order valence-corrected chi connectivity index (χ0v) is 10.8. The lowest BCUT2D eigenvalue weighted by molar-refractivity contribution is 0.0513. The normalized spacial score (nSPS) is 11.9. The van der Waals surface area contributed by atoms with Crippen molar-refractivity contribution < 1.29 is 17.9 Å². The summed E-state index contributed by atoms with van der Waals surface area (Å²) in [5.41, 5.74) is 0. The number of sulfonamides is 1. The van der Waals surface area contributed by atoms with Crippen LogP contribution in [-0.4, -0.2) is 40.6 Å². The third-order valence-corrected chi connectivity index (χ3v) is 2.90. The van der Waals surface area contributed by atoms with Crippen LogP contribution in [0.25, 0.3) is 0 Å². The Hall–Kier alpha value is -0.170. The zero-order chi connectivity index (χ0) is 12.3. The van der Waals surface area contributed by atoms with E-state index in [1.807, 2.05) is 6.92 Å². The summed E-state index contributed by atoms with van der Waals surface area (Å²) in [7, 11) is -3.28. The van der Waals surface area contributed by atoms with Crippen LogP contribution in [0.5, 0.6) is 0 Å². The highest BCUT2D eigenvalue weighted by Gasteiger charge is 2.01. The highest BCUT2D eigenvalue weighted by Crippen LogP contribution is 2.01. The lowest BCUT2D eigenvalue weighted by Crippen LogP contribution is -2.16. The number of primary sulfonamides is 1. The van der Waals surface area contributed by atoms with Gasteiger partial charge in [-0.05, 0) is 19.8 Å². The van der Waals surface area contributed by atoms with Crippen molar-refractivity contribution in [3.63, 3.8) is 0 Å². The van der Waals surface area contributed by atoms with Gasteiger partial charge in [-0.2, -0.15) is 0 Å². The van der Waals surface area contributed by atoms with Gasteiger partial charge in [0.2, 0.25) is 10.0 Å². The molecule has 0 amide bonds. The largest absolute Gasteiger partial charge is 0.379 e. The van der Waals surface area contributed by atoms with E-state index in [4.69, 9.17) is 14.6 Å². The summed E-state index contributed by atoms with van der Waals surface area (Å²) < 4.78 is 31.6. The van der Waals surface area contributed by atoms with Gasteiger partial charge in [-0.3, -0.25) is 0 Å². The van der Waals surface area contributed by atoms with E-state index < -0.39 is 10.0 Å². The van der Waals surface area contributed by atoms with Crippen molar-refractivity contribution in [3.8, 4) is 0 Å². The van der Waals surface area contributed by atoms with E-state index in [1.54, 1.807) is 0 Å². The molecule has 0 saturated carbocycles. The molecule has 0 atom stereocenters. The molecule has 0 aliphatic heterocycles. The van der Waals surface area contributed by atoms with Gasteiger partial charge in [0.15, 0.2) is 0 Å². The Kier molecular flexibility index (Phi) is 9.91. The molecule has 2 N–H and O–H groups in total. The number of rotatable bonds is 11. The minimum Gasteiger partial charge on any atom is -0.379 e. The summed E-state index contributed by atoms with van der Waals surface area (Å²) in [4.78, 5) is 0. The maximum atomic E-state index is 10.6. The van der Waals surface area contributed by atoms with Crippen LogP contribution >= 0.6 is 0 Å². The maximum absolute atomic E-state index is 10.6. The van der Waals surface area contributed by atoms with Gasteiger partial charge >= 0.3 is 0 Å². The summed E-state index contributed by atoms with van der Waals surface area (Å²) in [5.74, 6) is 0.0815. The van der Waals surface area contributed by atoms with Gasteiger partial charge in [-0.25, -0.2) is 13.6 Å². The number of ether oxygens (including phenoxy) is 2. The molecule has 0 unspecified atom stereocenters. The Balaban J connectivity index is 3.05. The molecule has 16 heavy (non-hydrogen) atoms.